The van der Waals surface area contributed by atoms with Gasteiger partial charge in [-0.3, -0.25) is 0 Å². The van der Waals surface area contributed by atoms with E-state index in [2.05, 4.69) is 29.0 Å². The smallest absolute Gasteiger partial charge is 0.252 e. The summed E-state index contributed by atoms with van der Waals surface area (Å²) >= 11 is 0. The Hall–Kier alpha value is -3.07. The zero-order chi connectivity index (χ0) is 16.7. The van der Waals surface area contributed by atoms with E-state index in [4.69, 9.17) is 14.4 Å². The van der Waals surface area contributed by atoms with Crippen LogP contribution in [0.15, 0.2) is 40.4 Å². The summed E-state index contributed by atoms with van der Waals surface area (Å²) in [4.78, 5) is 4.01. The Balaban J connectivity index is 2.01. The molecule has 0 radical (unpaired) electrons. The SMILES string of the molecule is C=C(C)c1nc(C#N)c(N/N=C/c2ccc(OCCC)cc2)o1. The molecule has 0 aliphatic rings. The fourth-order valence-electron chi connectivity index (χ4n) is 1.69. The molecule has 6 heteroatoms. The van der Waals surface area contributed by atoms with E-state index in [0.29, 0.717) is 18.1 Å². The second kappa shape index (κ2) is 7.80. The number of rotatable bonds is 7. The topological polar surface area (TPSA) is 83.4 Å². The van der Waals surface area contributed by atoms with Crippen molar-refractivity contribution in [3.63, 3.8) is 0 Å². The molecule has 0 unspecified atom stereocenters. The lowest BCUT2D eigenvalue weighted by Gasteiger charge is -2.03. The minimum Gasteiger partial charge on any atom is -0.494 e. The first-order valence-electron chi connectivity index (χ1n) is 7.22. The van der Waals surface area contributed by atoms with Crippen molar-refractivity contribution in [2.75, 3.05) is 12.0 Å². The fourth-order valence-corrected chi connectivity index (χ4v) is 1.69. The van der Waals surface area contributed by atoms with E-state index in [0.717, 1.165) is 17.7 Å². The summed E-state index contributed by atoms with van der Waals surface area (Å²) < 4.78 is 10.9. The number of nitrogens with one attached hydrogen (secondary N) is 1. The predicted molar refractivity (Wildman–Crippen MR) is 89.4 cm³/mol. The van der Waals surface area contributed by atoms with Gasteiger partial charge in [0.1, 0.15) is 11.8 Å². The van der Waals surface area contributed by atoms with Gasteiger partial charge in [0.2, 0.25) is 11.6 Å². The molecule has 118 valence electrons. The first kappa shape index (κ1) is 16.3. The third-order valence-corrected chi connectivity index (χ3v) is 2.83. The number of hydrogen-bond donors (Lipinski definition) is 1. The maximum atomic E-state index is 9.02. The van der Waals surface area contributed by atoms with Gasteiger partial charge in [-0.05, 0) is 43.2 Å². The zero-order valence-electron chi connectivity index (χ0n) is 13.2. The average Bonchev–Trinajstić information content (AvgIpc) is 2.98. The Morgan fingerprint density at radius 3 is 2.83 bits per heavy atom. The molecule has 0 aliphatic carbocycles. The molecule has 0 fully saturated rings. The van der Waals surface area contributed by atoms with Crippen LogP contribution in [-0.2, 0) is 0 Å². The van der Waals surface area contributed by atoms with E-state index < -0.39 is 0 Å². The van der Waals surface area contributed by atoms with E-state index in [1.54, 1.807) is 13.1 Å². The van der Waals surface area contributed by atoms with Crippen molar-refractivity contribution in [1.82, 2.24) is 4.98 Å². The Kier molecular flexibility index (Phi) is 5.53. The molecule has 0 saturated heterocycles. The number of anilines is 1. The van der Waals surface area contributed by atoms with E-state index in [-0.39, 0.29) is 11.6 Å². The van der Waals surface area contributed by atoms with Crippen molar-refractivity contribution >= 4 is 17.7 Å². The molecular weight excluding hydrogens is 292 g/mol. The van der Waals surface area contributed by atoms with Crippen LogP contribution in [0.3, 0.4) is 0 Å². The molecule has 1 aromatic heterocycles. The number of nitrogens with zero attached hydrogens (tertiary/aromatic N) is 3. The lowest BCUT2D eigenvalue weighted by molar-refractivity contribution is 0.317. The quantitative estimate of drug-likeness (QED) is 0.621. The number of ether oxygens (including phenoxy) is 1. The van der Waals surface area contributed by atoms with Crippen LogP contribution in [0.25, 0.3) is 5.57 Å². The van der Waals surface area contributed by atoms with Crippen molar-refractivity contribution in [3.05, 3.63) is 48.0 Å². The van der Waals surface area contributed by atoms with Gasteiger partial charge >= 0.3 is 0 Å². The monoisotopic (exact) mass is 310 g/mol. The Bertz CT molecular complexity index is 739. The van der Waals surface area contributed by atoms with Gasteiger partial charge in [0.25, 0.3) is 5.88 Å². The van der Waals surface area contributed by atoms with Gasteiger partial charge < -0.3 is 9.15 Å². The number of hydrogen-bond acceptors (Lipinski definition) is 6. The van der Waals surface area contributed by atoms with Gasteiger partial charge in [0.15, 0.2) is 0 Å². The minimum absolute atomic E-state index is 0.142. The molecule has 2 aromatic rings. The van der Waals surface area contributed by atoms with Crippen molar-refractivity contribution in [3.8, 4) is 11.8 Å². The molecule has 0 bridgehead atoms. The van der Waals surface area contributed by atoms with Gasteiger partial charge in [-0.25, -0.2) is 5.43 Å². The molecule has 1 heterocycles. The molecule has 2 rings (SSSR count). The normalized spacial score (nSPS) is 10.5. The molecule has 0 spiro atoms. The molecule has 23 heavy (non-hydrogen) atoms. The summed E-state index contributed by atoms with van der Waals surface area (Å²) in [5.41, 5.74) is 4.35. The van der Waals surface area contributed by atoms with E-state index >= 15 is 0 Å². The van der Waals surface area contributed by atoms with Crippen LogP contribution < -0.4 is 10.2 Å². The standard InChI is InChI=1S/C17H18N4O2/c1-4-9-22-14-7-5-13(6-8-14)11-19-21-17-15(10-18)20-16(23-17)12(2)3/h5-8,11,21H,2,4,9H2,1,3H3/b19-11+. The first-order chi connectivity index (χ1) is 11.1. The molecular formula is C17H18N4O2. The highest BCUT2D eigenvalue weighted by molar-refractivity contribution is 5.80. The second-order valence-electron chi connectivity index (χ2n) is 4.88. The van der Waals surface area contributed by atoms with Crippen molar-refractivity contribution < 1.29 is 9.15 Å². The summed E-state index contributed by atoms with van der Waals surface area (Å²) in [6.45, 7) is 8.24. The van der Waals surface area contributed by atoms with Gasteiger partial charge in [0.05, 0.1) is 12.8 Å². The van der Waals surface area contributed by atoms with Crippen LogP contribution >= 0.6 is 0 Å². The summed E-state index contributed by atoms with van der Waals surface area (Å²) in [7, 11) is 0. The highest BCUT2D eigenvalue weighted by Crippen LogP contribution is 2.20. The summed E-state index contributed by atoms with van der Waals surface area (Å²) in [6.07, 6.45) is 2.59. The maximum Gasteiger partial charge on any atom is 0.252 e. The van der Waals surface area contributed by atoms with E-state index in [1.165, 1.54) is 0 Å². The number of allylic oxidation sites excluding steroid dienone is 1. The maximum absolute atomic E-state index is 9.02. The molecule has 6 nitrogen and oxygen atoms in total. The largest absolute Gasteiger partial charge is 0.494 e. The van der Waals surface area contributed by atoms with Gasteiger partial charge in [-0.1, -0.05) is 13.5 Å². The molecule has 1 N–H and O–H groups in total. The molecule has 0 saturated carbocycles. The number of oxazole rings is 1. The number of benzene rings is 1. The highest BCUT2D eigenvalue weighted by Gasteiger charge is 2.12. The van der Waals surface area contributed by atoms with Gasteiger partial charge in [-0.2, -0.15) is 15.3 Å². The van der Waals surface area contributed by atoms with Crippen LogP contribution in [0.1, 0.15) is 37.4 Å². The van der Waals surface area contributed by atoms with Gasteiger partial charge in [0, 0.05) is 5.57 Å². The number of aromatic nitrogens is 1. The lowest BCUT2D eigenvalue weighted by atomic mass is 10.2. The average molecular weight is 310 g/mol. The fraction of sp³-hybridized carbons (Fsp3) is 0.235. The van der Waals surface area contributed by atoms with Crippen LogP contribution in [-0.4, -0.2) is 17.8 Å². The summed E-state index contributed by atoms with van der Waals surface area (Å²) in [5, 5.41) is 13.1. The van der Waals surface area contributed by atoms with Crippen molar-refractivity contribution in [2.24, 2.45) is 5.10 Å². The highest BCUT2D eigenvalue weighted by atomic mass is 16.5. The second-order valence-corrected chi connectivity index (χ2v) is 4.88. The third kappa shape index (κ3) is 4.45. The molecule has 0 atom stereocenters. The number of nitriles is 1. The Morgan fingerprint density at radius 1 is 1.48 bits per heavy atom. The van der Waals surface area contributed by atoms with E-state index in [1.807, 2.05) is 30.3 Å². The summed E-state index contributed by atoms with van der Waals surface area (Å²) in [5.74, 6) is 1.34. The number of hydrazone groups is 1. The van der Waals surface area contributed by atoms with Crippen LogP contribution in [0, 0.1) is 11.3 Å². The molecule has 1 aromatic carbocycles. The van der Waals surface area contributed by atoms with Crippen LogP contribution in [0.2, 0.25) is 0 Å². The minimum atomic E-state index is 0.142. The van der Waals surface area contributed by atoms with E-state index in [9.17, 15) is 0 Å². The molecule has 0 aliphatic heterocycles. The Morgan fingerprint density at radius 2 is 2.22 bits per heavy atom. The Labute approximate surface area is 135 Å². The van der Waals surface area contributed by atoms with Crippen molar-refractivity contribution in [1.29, 1.82) is 5.26 Å². The summed E-state index contributed by atoms with van der Waals surface area (Å²) in [6, 6.07) is 9.49. The zero-order valence-corrected chi connectivity index (χ0v) is 13.2. The predicted octanol–water partition coefficient (Wildman–Crippen LogP) is 3.81. The first-order valence-corrected chi connectivity index (χ1v) is 7.22. The molecule has 0 amide bonds. The third-order valence-electron chi connectivity index (χ3n) is 2.83. The lowest BCUT2D eigenvalue weighted by Crippen LogP contribution is -1.95. The van der Waals surface area contributed by atoms with Crippen LogP contribution in [0.4, 0.5) is 5.88 Å². The van der Waals surface area contributed by atoms with Crippen molar-refractivity contribution in [2.45, 2.75) is 20.3 Å². The van der Waals surface area contributed by atoms with Gasteiger partial charge in [-0.15, -0.1) is 0 Å². The van der Waals surface area contributed by atoms with Crippen LogP contribution in [0.5, 0.6) is 5.75 Å².